The number of carbonyl (C=O) groups excluding carboxylic acids is 1. The molecule has 1 aliphatic carbocycles. The molecule has 0 heterocycles. The highest BCUT2D eigenvalue weighted by Crippen LogP contribution is 2.40. The smallest absolute Gasteiger partial charge is 0.326 e. The van der Waals surface area contributed by atoms with Crippen molar-refractivity contribution in [2.24, 2.45) is 11.1 Å². The molecule has 1 fully saturated rings. The third-order valence-corrected chi connectivity index (χ3v) is 6.33. The van der Waals surface area contributed by atoms with E-state index in [9.17, 15) is 14.7 Å². The molecule has 1 atom stereocenters. The molecule has 9 nitrogen and oxygen atoms in total. The zero-order valence-electron chi connectivity index (χ0n) is 21.2. The Morgan fingerprint density at radius 2 is 1.61 bits per heavy atom. The number of hydrogen-bond acceptors (Lipinski definition) is 7. The van der Waals surface area contributed by atoms with Gasteiger partial charge in [0.2, 0.25) is 0 Å². The Morgan fingerprint density at radius 3 is 2.11 bits per heavy atom. The van der Waals surface area contributed by atoms with Crippen LogP contribution in [0.4, 0.5) is 0 Å². The molecule has 2 N–H and O–H groups in total. The second-order valence-electron chi connectivity index (χ2n) is 8.71. The van der Waals surface area contributed by atoms with Crippen LogP contribution in [0.5, 0.6) is 11.5 Å². The zero-order chi connectivity index (χ0) is 26.1. The van der Waals surface area contributed by atoms with Gasteiger partial charge >= 0.3 is 5.97 Å². The molecule has 9 heteroatoms. The molecule has 0 aliphatic heterocycles. The standard InChI is InChI=1S/C27H34N2O7/c1-33-16-18-14-22(34-2)24(23(15-18)35-3)19-11-9-17(10-12-19)13-21(27(31)32)28-26(30)25(29-36-4)20-7-5-6-8-20/h9-12,14-15,20-21H,5-8,13,16H2,1-4H3,(H,28,30)(H,31,32)/b29-25-/t21-/m0/s1. The Bertz CT molecular complexity index is 1050. The molecule has 0 spiro atoms. The van der Waals surface area contributed by atoms with Gasteiger partial charge in [0.25, 0.3) is 5.91 Å². The summed E-state index contributed by atoms with van der Waals surface area (Å²) >= 11 is 0. The van der Waals surface area contributed by atoms with Gasteiger partial charge < -0.3 is 29.5 Å². The van der Waals surface area contributed by atoms with Crippen LogP contribution < -0.4 is 14.8 Å². The second kappa shape index (κ2) is 12.9. The number of methoxy groups -OCH3 is 3. The monoisotopic (exact) mass is 498 g/mol. The molecular formula is C27H34N2O7. The van der Waals surface area contributed by atoms with E-state index >= 15 is 0 Å². The summed E-state index contributed by atoms with van der Waals surface area (Å²) in [6.07, 6.45) is 3.83. The van der Waals surface area contributed by atoms with Crippen LogP contribution in [0.3, 0.4) is 0 Å². The predicted octanol–water partition coefficient (Wildman–Crippen LogP) is 3.82. The maximum absolute atomic E-state index is 12.9. The zero-order valence-corrected chi connectivity index (χ0v) is 21.2. The van der Waals surface area contributed by atoms with Crippen LogP contribution in [0.15, 0.2) is 41.6 Å². The van der Waals surface area contributed by atoms with E-state index in [1.807, 2.05) is 36.4 Å². The predicted molar refractivity (Wildman–Crippen MR) is 135 cm³/mol. The minimum Gasteiger partial charge on any atom is -0.496 e. The van der Waals surface area contributed by atoms with E-state index in [1.54, 1.807) is 21.3 Å². The van der Waals surface area contributed by atoms with Gasteiger partial charge in [-0.05, 0) is 41.7 Å². The van der Waals surface area contributed by atoms with Gasteiger partial charge in [0.05, 0.1) is 26.4 Å². The maximum atomic E-state index is 12.9. The van der Waals surface area contributed by atoms with Gasteiger partial charge in [-0.25, -0.2) is 4.79 Å². The lowest BCUT2D eigenvalue weighted by molar-refractivity contribution is -0.141. The first-order valence-electron chi connectivity index (χ1n) is 11.9. The van der Waals surface area contributed by atoms with Crippen molar-refractivity contribution in [2.75, 3.05) is 28.4 Å². The van der Waals surface area contributed by atoms with Crippen molar-refractivity contribution in [3.8, 4) is 22.6 Å². The van der Waals surface area contributed by atoms with Crippen LogP contribution in [-0.2, 0) is 32.2 Å². The van der Waals surface area contributed by atoms with Gasteiger partial charge in [0, 0.05) is 19.4 Å². The molecular weight excluding hydrogens is 464 g/mol. The van der Waals surface area contributed by atoms with Crippen molar-refractivity contribution in [1.82, 2.24) is 5.32 Å². The topological polar surface area (TPSA) is 116 Å². The molecule has 2 aromatic rings. The highest BCUT2D eigenvalue weighted by molar-refractivity contribution is 6.39. The van der Waals surface area contributed by atoms with Gasteiger partial charge in [-0.1, -0.05) is 42.3 Å². The average molecular weight is 499 g/mol. The van der Waals surface area contributed by atoms with E-state index in [-0.39, 0.29) is 18.1 Å². The van der Waals surface area contributed by atoms with Gasteiger partial charge in [-0.3, -0.25) is 4.79 Å². The van der Waals surface area contributed by atoms with Crippen LogP contribution >= 0.6 is 0 Å². The molecule has 0 unspecified atom stereocenters. The Balaban J connectivity index is 1.79. The number of nitrogens with zero attached hydrogens (tertiary/aromatic N) is 1. The second-order valence-corrected chi connectivity index (χ2v) is 8.71. The lowest BCUT2D eigenvalue weighted by Gasteiger charge is -2.18. The van der Waals surface area contributed by atoms with E-state index in [0.717, 1.165) is 47.9 Å². The Hall–Kier alpha value is -3.59. The van der Waals surface area contributed by atoms with E-state index < -0.39 is 17.9 Å². The molecule has 36 heavy (non-hydrogen) atoms. The third kappa shape index (κ3) is 6.54. The summed E-state index contributed by atoms with van der Waals surface area (Å²) in [6, 6.07) is 10.1. The van der Waals surface area contributed by atoms with Crippen molar-refractivity contribution in [3.05, 3.63) is 47.5 Å². The summed E-state index contributed by atoms with van der Waals surface area (Å²) in [5, 5.41) is 16.3. The summed E-state index contributed by atoms with van der Waals surface area (Å²) in [7, 11) is 6.19. The number of rotatable bonds is 12. The molecule has 1 amide bonds. The van der Waals surface area contributed by atoms with Crippen LogP contribution in [0.25, 0.3) is 11.1 Å². The van der Waals surface area contributed by atoms with Crippen LogP contribution in [-0.4, -0.2) is 57.2 Å². The van der Waals surface area contributed by atoms with Gasteiger partial charge in [-0.2, -0.15) is 0 Å². The highest BCUT2D eigenvalue weighted by atomic mass is 16.6. The van der Waals surface area contributed by atoms with E-state index in [2.05, 4.69) is 10.5 Å². The lowest BCUT2D eigenvalue weighted by Crippen LogP contribution is -2.46. The van der Waals surface area contributed by atoms with Gasteiger partial charge in [0.1, 0.15) is 30.4 Å². The fraction of sp³-hybridized carbons (Fsp3) is 0.444. The molecule has 0 saturated heterocycles. The van der Waals surface area contributed by atoms with E-state index in [0.29, 0.717) is 18.1 Å². The van der Waals surface area contributed by atoms with Crippen molar-refractivity contribution in [2.45, 2.75) is 44.8 Å². The van der Waals surface area contributed by atoms with Crippen molar-refractivity contribution >= 4 is 17.6 Å². The van der Waals surface area contributed by atoms with Gasteiger partial charge in [0.15, 0.2) is 0 Å². The number of carboxylic acids is 1. The Kier molecular flexibility index (Phi) is 9.69. The number of ether oxygens (including phenoxy) is 3. The minimum atomic E-state index is -1.12. The summed E-state index contributed by atoms with van der Waals surface area (Å²) in [5.74, 6) is -0.353. The first-order valence-corrected chi connectivity index (χ1v) is 11.9. The van der Waals surface area contributed by atoms with E-state index in [1.165, 1.54) is 7.11 Å². The Morgan fingerprint density at radius 1 is 1.00 bits per heavy atom. The van der Waals surface area contributed by atoms with Crippen molar-refractivity contribution in [3.63, 3.8) is 0 Å². The summed E-state index contributed by atoms with van der Waals surface area (Å²) in [5.41, 5.74) is 3.56. The largest absolute Gasteiger partial charge is 0.496 e. The Labute approximate surface area is 211 Å². The lowest BCUT2D eigenvalue weighted by atomic mass is 9.97. The summed E-state index contributed by atoms with van der Waals surface area (Å²) in [6.45, 7) is 0.422. The number of carboxylic acid groups (broad SMARTS) is 1. The normalized spacial score (nSPS) is 14.8. The molecule has 0 bridgehead atoms. The number of oxime groups is 1. The van der Waals surface area contributed by atoms with Crippen molar-refractivity contribution < 1.29 is 33.7 Å². The van der Waals surface area contributed by atoms with Gasteiger partial charge in [-0.15, -0.1) is 0 Å². The summed E-state index contributed by atoms with van der Waals surface area (Å²) < 4.78 is 16.4. The molecule has 0 aromatic heterocycles. The first-order chi connectivity index (χ1) is 17.4. The SMILES string of the molecule is COCc1cc(OC)c(-c2ccc(C[C@H](NC(=O)/C(=N\OC)C3CCCC3)C(=O)O)cc2)c(OC)c1. The van der Waals surface area contributed by atoms with Crippen LogP contribution in [0.1, 0.15) is 36.8 Å². The molecule has 1 aliphatic rings. The number of benzene rings is 2. The summed E-state index contributed by atoms with van der Waals surface area (Å²) in [4.78, 5) is 29.7. The number of amides is 1. The first kappa shape index (κ1) is 27.0. The van der Waals surface area contributed by atoms with Crippen LogP contribution in [0.2, 0.25) is 0 Å². The number of carbonyl (C=O) groups is 2. The van der Waals surface area contributed by atoms with Crippen molar-refractivity contribution in [1.29, 1.82) is 0 Å². The third-order valence-electron chi connectivity index (χ3n) is 6.33. The van der Waals surface area contributed by atoms with Crippen LogP contribution in [0, 0.1) is 5.92 Å². The number of aliphatic carboxylic acids is 1. The molecule has 1 saturated carbocycles. The molecule has 3 rings (SSSR count). The maximum Gasteiger partial charge on any atom is 0.326 e. The fourth-order valence-electron chi connectivity index (χ4n) is 4.58. The molecule has 2 aromatic carbocycles. The minimum absolute atomic E-state index is 0.0149. The molecule has 0 radical (unpaired) electrons. The van der Waals surface area contributed by atoms with E-state index in [4.69, 9.17) is 19.0 Å². The quantitative estimate of drug-likeness (QED) is 0.338. The molecule has 194 valence electrons. The number of nitrogens with one attached hydrogen (secondary N) is 1. The highest BCUT2D eigenvalue weighted by Gasteiger charge is 2.30. The number of hydrogen-bond donors (Lipinski definition) is 2. The average Bonchev–Trinajstić information content (AvgIpc) is 3.41. The fourth-order valence-corrected chi connectivity index (χ4v) is 4.58.